The van der Waals surface area contributed by atoms with Crippen molar-refractivity contribution < 1.29 is 0 Å². The molecule has 1 fully saturated rings. The molecule has 1 spiro atoms. The van der Waals surface area contributed by atoms with Gasteiger partial charge in [-0.1, -0.05) is 30.7 Å². The van der Waals surface area contributed by atoms with Crippen LogP contribution in [0.25, 0.3) is 0 Å². The highest BCUT2D eigenvalue weighted by atomic mass is 35.5. The first-order chi connectivity index (χ1) is 11.5. The summed E-state index contributed by atoms with van der Waals surface area (Å²) >= 11 is 7.92. The van der Waals surface area contributed by atoms with E-state index >= 15 is 0 Å². The Bertz CT molecular complexity index is 879. The van der Waals surface area contributed by atoms with Crippen LogP contribution in [-0.2, 0) is 6.42 Å². The second-order valence-electron chi connectivity index (χ2n) is 6.83. The Morgan fingerprint density at radius 1 is 1.29 bits per heavy atom. The first-order valence-corrected chi connectivity index (χ1v) is 9.38. The number of hydrogen-bond donors (Lipinski definition) is 1. The van der Waals surface area contributed by atoms with Gasteiger partial charge in [-0.15, -0.1) is 11.3 Å². The zero-order valence-corrected chi connectivity index (χ0v) is 15.6. The fourth-order valence-corrected chi connectivity index (χ4v) is 5.01. The minimum Gasteiger partial charge on any atom is -0.323 e. The van der Waals surface area contributed by atoms with Crippen molar-refractivity contribution in [3.05, 3.63) is 55.7 Å². The van der Waals surface area contributed by atoms with Gasteiger partial charge in [0.05, 0.1) is 11.4 Å². The molecule has 3 nitrogen and oxygen atoms in total. The fourth-order valence-electron chi connectivity index (χ4n) is 3.70. The van der Waals surface area contributed by atoms with E-state index in [9.17, 15) is 0 Å². The van der Waals surface area contributed by atoms with E-state index < -0.39 is 0 Å². The summed E-state index contributed by atoms with van der Waals surface area (Å²) in [6.07, 6.45) is 1.82. The predicted molar refractivity (Wildman–Crippen MR) is 103 cm³/mol. The zero-order chi connectivity index (χ0) is 17.1. The molecule has 2 heterocycles. The Kier molecular flexibility index (Phi) is 3.59. The maximum atomic E-state index is 6.08. The molecule has 0 saturated heterocycles. The van der Waals surface area contributed by atoms with Crippen LogP contribution in [0.2, 0.25) is 5.02 Å². The summed E-state index contributed by atoms with van der Waals surface area (Å²) in [6, 6.07) is 7.98. The van der Waals surface area contributed by atoms with Crippen molar-refractivity contribution in [1.29, 1.82) is 0 Å². The van der Waals surface area contributed by atoms with Crippen molar-refractivity contribution in [2.24, 2.45) is 21.9 Å². The molecule has 24 heavy (non-hydrogen) atoms. The van der Waals surface area contributed by atoms with Gasteiger partial charge in [0.25, 0.3) is 0 Å². The lowest BCUT2D eigenvalue weighted by Gasteiger charge is -2.14. The van der Waals surface area contributed by atoms with Gasteiger partial charge < -0.3 is 5.84 Å². The Balaban J connectivity index is 1.99. The number of benzene rings is 1. The maximum absolute atomic E-state index is 6.08. The molecule has 0 radical (unpaired) electrons. The molecule has 1 saturated carbocycles. The molecule has 1 aromatic carbocycles. The van der Waals surface area contributed by atoms with E-state index in [0.717, 1.165) is 34.9 Å². The number of hydrazone groups is 1. The van der Waals surface area contributed by atoms with Crippen LogP contribution < -0.4 is 5.84 Å². The number of hydrogen-bond acceptors (Lipinski definition) is 4. The molecule has 0 bridgehead atoms. The van der Waals surface area contributed by atoms with E-state index in [1.165, 1.54) is 20.9 Å². The molecular weight excluding hydrogens is 338 g/mol. The molecule has 2 aliphatic rings. The molecule has 5 heteroatoms. The first kappa shape index (κ1) is 15.9. The topological polar surface area (TPSA) is 50.7 Å². The van der Waals surface area contributed by atoms with Crippen molar-refractivity contribution in [3.8, 4) is 0 Å². The van der Waals surface area contributed by atoms with Gasteiger partial charge in [0.15, 0.2) is 0 Å². The fraction of sp³-hybridized carbons (Fsp3) is 0.368. The van der Waals surface area contributed by atoms with E-state index in [4.69, 9.17) is 22.4 Å². The number of halogens is 1. The van der Waals surface area contributed by atoms with Gasteiger partial charge in [0.2, 0.25) is 0 Å². The standard InChI is InChI=1S/C19H20ClN3S/c1-10-9-19(10)16(23-21)8-15-17(11(2)12(3)24-15)18(22-19)13-4-6-14(20)7-5-13/h4-7,10H,8-9,21H2,1-3H3/b23-16-/t10-,19+/m1/s1. The zero-order valence-electron chi connectivity index (χ0n) is 14.1. The molecule has 4 rings (SSSR count). The summed E-state index contributed by atoms with van der Waals surface area (Å²) in [4.78, 5) is 7.89. The summed E-state index contributed by atoms with van der Waals surface area (Å²) in [5, 5.41) is 4.89. The van der Waals surface area contributed by atoms with Crippen LogP contribution in [0.4, 0.5) is 0 Å². The summed E-state index contributed by atoms with van der Waals surface area (Å²) in [5.74, 6) is 6.25. The van der Waals surface area contributed by atoms with Crippen LogP contribution in [0.1, 0.15) is 39.8 Å². The highest BCUT2D eigenvalue weighted by Gasteiger charge is 2.56. The molecule has 0 amide bonds. The smallest absolute Gasteiger partial charge is 0.104 e. The number of aryl methyl sites for hydroxylation is 1. The summed E-state index contributed by atoms with van der Waals surface area (Å²) in [6.45, 7) is 6.58. The number of rotatable bonds is 1. The lowest BCUT2D eigenvalue weighted by molar-refractivity contribution is 0.786. The normalized spacial score (nSPS) is 27.1. The van der Waals surface area contributed by atoms with Gasteiger partial charge in [-0.2, -0.15) is 5.10 Å². The highest BCUT2D eigenvalue weighted by molar-refractivity contribution is 7.12. The molecule has 2 N–H and O–H groups in total. The van der Waals surface area contributed by atoms with Crippen LogP contribution in [-0.4, -0.2) is 17.0 Å². The number of nitrogens with two attached hydrogens (primary N) is 1. The molecule has 1 aliphatic heterocycles. The van der Waals surface area contributed by atoms with Crippen molar-refractivity contribution >= 4 is 34.4 Å². The van der Waals surface area contributed by atoms with Gasteiger partial charge in [-0.25, -0.2) is 0 Å². The van der Waals surface area contributed by atoms with Gasteiger partial charge >= 0.3 is 0 Å². The Morgan fingerprint density at radius 2 is 1.96 bits per heavy atom. The van der Waals surface area contributed by atoms with Crippen LogP contribution in [0.3, 0.4) is 0 Å². The predicted octanol–water partition coefficient (Wildman–Crippen LogP) is 4.51. The monoisotopic (exact) mass is 357 g/mol. The maximum Gasteiger partial charge on any atom is 0.104 e. The lowest BCUT2D eigenvalue weighted by atomic mass is 9.98. The summed E-state index contributed by atoms with van der Waals surface area (Å²) in [7, 11) is 0. The number of nitrogens with zero attached hydrogens (tertiary/aromatic N) is 2. The Hall–Kier alpha value is -1.65. The first-order valence-electron chi connectivity index (χ1n) is 8.18. The molecule has 1 aliphatic carbocycles. The molecule has 2 atom stereocenters. The molecule has 0 unspecified atom stereocenters. The van der Waals surface area contributed by atoms with E-state index in [1.54, 1.807) is 0 Å². The highest BCUT2D eigenvalue weighted by Crippen LogP contribution is 2.51. The summed E-state index contributed by atoms with van der Waals surface area (Å²) in [5.41, 5.74) is 5.54. The van der Waals surface area contributed by atoms with Crippen LogP contribution in [0.15, 0.2) is 34.4 Å². The largest absolute Gasteiger partial charge is 0.323 e. The third kappa shape index (κ3) is 2.24. The minimum absolute atomic E-state index is 0.219. The van der Waals surface area contributed by atoms with Gasteiger partial charge in [-0.3, -0.25) is 4.99 Å². The average molecular weight is 358 g/mol. The molecule has 124 valence electrons. The Morgan fingerprint density at radius 3 is 2.54 bits per heavy atom. The van der Waals surface area contributed by atoms with E-state index in [2.05, 4.69) is 38.0 Å². The van der Waals surface area contributed by atoms with Crippen molar-refractivity contribution in [2.75, 3.05) is 0 Å². The van der Waals surface area contributed by atoms with Crippen LogP contribution in [0.5, 0.6) is 0 Å². The number of fused-ring (bicyclic) bond motifs is 1. The SMILES string of the molecule is Cc1sc2c(c1C)C(c1ccc(Cl)cc1)=N[C@]1(C[C@H]1C)/C(=N\N)C2. The lowest BCUT2D eigenvalue weighted by Crippen LogP contribution is -2.26. The number of thiophene rings is 1. The molecule has 1 aromatic heterocycles. The number of aliphatic imine (C=N–C) groups is 1. The van der Waals surface area contributed by atoms with Crippen LogP contribution >= 0.6 is 22.9 Å². The average Bonchev–Trinajstić information content (AvgIpc) is 3.16. The summed E-state index contributed by atoms with van der Waals surface area (Å²) < 4.78 is 0. The van der Waals surface area contributed by atoms with E-state index in [0.29, 0.717) is 5.92 Å². The minimum atomic E-state index is -0.219. The van der Waals surface area contributed by atoms with Crippen molar-refractivity contribution in [2.45, 2.75) is 39.2 Å². The van der Waals surface area contributed by atoms with Crippen LogP contribution in [0, 0.1) is 19.8 Å². The Labute approximate surface area is 151 Å². The van der Waals surface area contributed by atoms with Gasteiger partial charge in [0, 0.05) is 32.3 Å². The van der Waals surface area contributed by atoms with Crippen molar-refractivity contribution in [3.63, 3.8) is 0 Å². The van der Waals surface area contributed by atoms with E-state index in [1.807, 2.05) is 23.5 Å². The molecular formula is C19H20ClN3S. The molecule has 2 aromatic rings. The third-order valence-corrected chi connectivity index (χ3v) is 6.84. The van der Waals surface area contributed by atoms with Crippen molar-refractivity contribution in [1.82, 2.24) is 0 Å². The quantitative estimate of drug-likeness (QED) is 0.592. The third-order valence-electron chi connectivity index (χ3n) is 5.38. The van der Waals surface area contributed by atoms with E-state index in [-0.39, 0.29) is 5.54 Å². The van der Waals surface area contributed by atoms with Gasteiger partial charge in [-0.05, 0) is 43.9 Å². The second kappa shape index (κ2) is 5.43. The van der Waals surface area contributed by atoms with Gasteiger partial charge in [0.1, 0.15) is 5.54 Å². The second-order valence-corrected chi connectivity index (χ2v) is 8.58.